The Hall–Kier alpha value is -1.48. The van der Waals surface area contributed by atoms with Crippen molar-refractivity contribution in [2.24, 2.45) is 5.73 Å². The van der Waals surface area contributed by atoms with Crippen LogP contribution in [0.1, 0.15) is 12.6 Å². The SMILES string of the molecule is NCCNc1ccn(C2CC(O)C(CO)O2)c(=O)n1. The minimum Gasteiger partial charge on any atom is -0.394 e. The average molecular weight is 270 g/mol. The van der Waals surface area contributed by atoms with Crippen LogP contribution >= 0.6 is 0 Å². The lowest BCUT2D eigenvalue weighted by Gasteiger charge is -2.14. The van der Waals surface area contributed by atoms with Gasteiger partial charge in [-0.15, -0.1) is 0 Å². The lowest BCUT2D eigenvalue weighted by Crippen LogP contribution is -2.28. The Labute approximate surface area is 109 Å². The van der Waals surface area contributed by atoms with E-state index in [4.69, 9.17) is 15.6 Å². The van der Waals surface area contributed by atoms with Crippen LogP contribution in [0.25, 0.3) is 0 Å². The number of aromatic nitrogens is 2. The van der Waals surface area contributed by atoms with E-state index < -0.39 is 24.1 Å². The first-order valence-electron chi connectivity index (χ1n) is 6.13. The summed E-state index contributed by atoms with van der Waals surface area (Å²) in [5, 5.41) is 21.5. The van der Waals surface area contributed by atoms with Gasteiger partial charge in [0.2, 0.25) is 0 Å². The molecule has 0 saturated carbocycles. The van der Waals surface area contributed by atoms with Gasteiger partial charge < -0.3 is 26.0 Å². The minimum absolute atomic E-state index is 0.252. The van der Waals surface area contributed by atoms with Crippen molar-refractivity contribution in [3.63, 3.8) is 0 Å². The molecule has 0 aromatic carbocycles. The van der Waals surface area contributed by atoms with Gasteiger partial charge in [-0.3, -0.25) is 4.57 Å². The summed E-state index contributed by atoms with van der Waals surface area (Å²) >= 11 is 0. The Bertz CT molecular complexity index is 478. The van der Waals surface area contributed by atoms with Gasteiger partial charge in [-0.2, -0.15) is 4.98 Å². The van der Waals surface area contributed by atoms with E-state index in [0.29, 0.717) is 18.9 Å². The number of aliphatic hydroxyl groups excluding tert-OH is 2. The first-order valence-corrected chi connectivity index (χ1v) is 6.13. The van der Waals surface area contributed by atoms with E-state index >= 15 is 0 Å². The van der Waals surface area contributed by atoms with E-state index in [1.807, 2.05) is 0 Å². The largest absolute Gasteiger partial charge is 0.394 e. The van der Waals surface area contributed by atoms with Gasteiger partial charge in [0.25, 0.3) is 0 Å². The van der Waals surface area contributed by atoms with Crippen LogP contribution in [0.3, 0.4) is 0 Å². The summed E-state index contributed by atoms with van der Waals surface area (Å²) < 4.78 is 6.69. The molecule has 106 valence electrons. The maximum Gasteiger partial charge on any atom is 0.351 e. The van der Waals surface area contributed by atoms with E-state index in [9.17, 15) is 9.90 Å². The zero-order valence-corrected chi connectivity index (χ0v) is 10.4. The molecule has 0 spiro atoms. The quantitative estimate of drug-likeness (QED) is 0.500. The number of anilines is 1. The number of rotatable bonds is 5. The number of aliphatic hydroxyl groups is 2. The summed E-state index contributed by atoms with van der Waals surface area (Å²) in [6, 6.07) is 1.64. The summed E-state index contributed by atoms with van der Waals surface area (Å²) in [6.07, 6.45) is -0.243. The van der Waals surface area contributed by atoms with Gasteiger partial charge in [0.15, 0.2) is 0 Å². The second kappa shape index (κ2) is 6.11. The molecule has 0 radical (unpaired) electrons. The molecule has 0 amide bonds. The van der Waals surface area contributed by atoms with Gasteiger partial charge in [-0.05, 0) is 6.07 Å². The fourth-order valence-corrected chi connectivity index (χ4v) is 1.98. The van der Waals surface area contributed by atoms with Crippen molar-refractivity contribution >= 4 is 5.82 Å². The van der Waals surface area contributed by atoms with Crippen molar-refractivity contribution in [1.29, 1.82) is 0 Å². The molecule has 8 heteroatoms. The van der Waals surface area contributed by atoms with E-state index in [1.165, 1.54) is 4.57 Å². The van der Waals surface area contributed by atoms with Crippen LogP contribution < -0.4 is 16.7 Å². The molecule has 1 saturated heterocycles. The molecular formula is C11H18N4O4. The van der Waals surface area contributed by atoms with Crippen molar-refractivity contribution in [3.05, 3.63) is 22.7 Å². The standard InChI is InChI=1S/C11H18N4O4/c12-2-3-13-9-1-4-15(11(18)14-9)10-5-7(17)8(6-16)19-10/h1,4,7-8,10,16-17H,2-3,5-6,12H2,(H,13,14,18). The summed E-state index contributed by atoms with van der Waals surface area (Å²) in [7, 11) is 0. The fourth-order valence-electron chi connectivity index (χ4n) is 1.98. The van der Waals surface area contributed by atoms with Crippen molar-refractivity contribution in [2.75, 3.05) is 25.0 Å². The third-order valence-electron chi connectivity index (χ3n) is 2.97. The van der Waals surface area contributed by atoms with Crippen molar-refractivity contribution < 1.29 is 14.9 Å². The minimum atomic E-state index is -0.781. The monoisotopic (exact) mass is 270 g/mol. The first-order chi connectivity index (χ1) is 9.15. The Morgan fingerprint density at radius 1 is 1.63 bits per heavy atom. The molecule has 19 heavy (non-hydrogen) atoms. The highest BCUT2D eigenvalue weighted by molar-refractivity contribution is 5.31. The van der Waals surface area contributed by atoms with Crippen LogP contribution in [0.15, 0.2) is 17.1 Å². The number of hydrogen-bond acceptors (Lipinski definition) is 7. The molecule has 3 atom stereocenters. The molecule has 5 N–H and O–H groups in total. The second-order valence-corrected chi connectivity index (χ2v) is 4.33. The normalized spacial score (nSPS) is 26.6. The molecule has 1 fully saturated rings. The molecule has 3 unspecified atom stereocenters. The molecule has 1 aliphatic rings. The molecule has 1 aliphatic heterocycles. The zero-order chi connectivity index (χ0) is 13.8. The maximum absolute atomic E-state index is 11.8. The number of hydrogen-bond donors (Lipinski definition) is 4. The van der Waals surface area contributed by atoms with Crippen molar-refractivity contribution in [1.82, 2.24) is 9.55 Å². The molecule has 2 heterocycles. The van der Waals surface area contributed by atoms with Crippen molar-refractivity contribution in [2.45, 2.75) is 24.9 Å². The van der Waals surface area contributed by atoms with Gasteiger partial charge in [0.1, 0.15) is 18.1 Å². The third-order valence-corrected chi connectivity index (χ3v) is 2.97. The summed E-state index contributed by atoms with van der Waals surface area (Å²) in [4.78, 5) is 15.7. The lowest BCUT2D eigenvalue weighted by molar-refractivity contribution is -0.0458. The van der Waals surface area contributed by atoms with Crippen LogP contribution in [0.5, 0.6) is 0 Å². The predicted molar refractivity (Wildman–Crippen MR) is 67.7 cm³/mol. The molecule has 0 bridgehead atoms. The lowest BCUT2D eigenvalue weighted by atomic mass is 10.2. The third kappa shape index (κ3) is 3.10. The highest BCUT2D eigenvalue weighted by atomic mass is 16.5. The van der Waals surface area contributed by atoms with Gasteiger partial charge in [0, 0.05) is 25.7 Å². The number of nitrogens with one attached hydrogen (secondary N) is 1. The Morgan fingerprint density at radius 2 is 2.42 bits per heavy atom. The highest BCUT2D eigenvalue weighted by Gasteiger charge is 2.34. The van der Waals surface area contributed by atoms with Crippen LogP contribution in [-0.4, -0.2) is 51.7 Å². The van der Waals surface area contributed by atoms with E-state index in [1.54, 1.807) is 12.3 Å². The Morgan fingerprint density at radius 3 is 3.00 bits per heavy atom. The van der Waals surface area contributed by atoms with Crippen LogP contribution in [-0.2, 0) is 4.74 Å². The predicted octanol–water partition coefficient (Wildman–Crippen LogP) is -1.75. The Balaban J connectivity index is 2.11. The molecule has 0 aliphatic carbocycles. The van der Waals surface area contributed by atoms with Gasteiger partial charge >= 0.3 is 5.69 Å². The Kier molecular flexibility index (Phi) is 4.48. The van der Waals surface area contributed by atoms with Gasteiger partial charge in [-0.1, -0.05) is 0 Å². The topological polar surface area (TPSA) is 123 Å². The highest BCUT2D eigenvalue weighted by Crippen LogP contribution is 2.27. The van der Waals surface area contributed by atoms with E-state index in [2.05, 4.69) is 10.3 Å². The van der Waals surface area contributed by atoms with Crippen LogP contribution in [0.4, 0.5) is 5.82 Å². The van der Waals surface area contributed by atoms with E-state index in [0.717, 1.165) is 0 Å². The molecule has 8 nitrogen and oxygen atoms in total. The zero-order valence-electron chi connectivity index (χ0n) is 10.4. The molecule has 1 aromatic rings. The van der Waals surface area contributed by atoms with Crippen LogP contribution in [0.2, 0.25) is 0 Å². The molecule has 1 aromatic heterocycles. The number of ether oxygens (including phenoxy) is 1. The maximum atomic E-state index is 11.8. The van der Waals surface area contributed by atoms with E-state index in [-0.39, 0.29) is 13.0 Å². The fraction of sp³-hybridized carbons (Fsp3) is 0.636. The van der Waals surface area contributed by atoms with Gasteiger partial charge in [0.05, 0.1) is 12.7 Å². The summed E-state index contributed by atoms with van der Waals surface area (Å²) in [6.45, 7) is 0.693. The second-order valence-electron chi connectivity index (χ2n) is 4.33. The van der Waals surface area contributed by atoms with Crippen molar-refractivity contribution in [3.8, 4) is 0 Å². The first kappa shape index (κ1) is 13.9. The smallest absolute Gasteiger partial charge is 0.351 e. The molecular weight excluding hydrogens is 252 g/mol. The summed E-state index contributed by atoms with van der Waals surface area (Å²) in [5.74, 6) is 0.448. The average Bonchev–Trinajstić information content (AvgIpc) is 2.77. The number of nitrogens with zero attached hydrogens (tertiary/aromatic N) is 2. The number of nitrogens with two attached hydrogens (primary N) is 1. The summed E-state index contributed by atoms with van der Waals surface area (Å²) in [5.41, 5.74) is 4.87. The molecule has 2 rings (SSSR count). The van der Waals surface area contributed by atoms with Gasteiger partial charge in [-0.25, -0.2) is 4.79 Å². The van der Waals surface area contributed by atoms with Crippen LogP contribution in [0, 0.1) is 0 Å².